The van der Waals surface area contributed by atoms with E-state index in [1.165, 1.54) is 0 Å². The fourth-order valence-corrected chi connectivity index (χ4v) is 6.09. The Morgan fingerprint density at radius 3 is 2.09 bits per heavy atom. The Morgan fingerprint density at radius 1 is 0.636 bits per heavy atom. The lowest BCUT2D eigenvalue weighted by molar-refractivity contribution is -0.649. The van der Waals surface area contributed by atoms with Crippen molar-refractivity contribution in [1.82, 2.24) is 9.55 Å². The minimum absolute atomic E-state index is 0.139. The van der Waals surface area contributed by atoms with Gasteiger partial charge in [0, 0.05) is 23.6 Å². The summed E-state index contributed by atoms with van der Waals surface area (Å²) in [6, 6.07) is 49.9. The highest BCUT2D eigenvalue weighted by atomic mass is 16.5. The largest absolute Gasteiger partial charge is 0.458 e. The Kier molecular flexibility index (Phi) is 6.34. The molecule has 1 aliphatic rings. The Bertz CT molecular complexity index is 2100. The third-order valence-electron chi connectivity index (χ3n) is 8.02. The van der Waals surface area contributed by atoms with Crippen molar-refractivity contribution in [1.29, 1.82) is 0 Å². The summed E-state index contributed by atoms with van der Waals surface area (Å²) in [7, 11) is 2.01. The molecule has 0 spiro atoms. The lowest BCUT2D eigenvalue weighted by atomic mass is 9.64. The normalized spacial score (nSPS) is 12.5. The van der Waals surface area contributed by atoms with E-state index in [4.69, 9.17) is 9.72 Å². The van der Waals surface area contributed by atoms with E-state index in [1.807, 2.05) is 72.4 Å². The highest BCUT2D eigenvalue weighted by molar-refractivity contribution is 6.84. The van der Waals surface area contributed by atoms with Crippen LogP contribution in [0.2, 0.25) is 0 Å². The number of fused-ring (bicyclic) bond motifs is 2. The number of nitrogens with zero attached hydrogens (tertiary/aromatic N) is 5. The van der Waals surface area contributed by atoms with Crippen LogP contribution in [0.25, 0.3) is 16.7 Å². The second-order valence-corrected chi connectivity index (χ2v) is 10.8. The standard InChI is InChI=1S/C37H28BN5O/c1-40-27-41(35-22-9-8-21-34(35)40)30-17-10-19-32(25-30)44-33-20-11-18-31(26-33)43-37-36(23-12-24-39-37)42(29-15-6-3-7-16-29)38(43)28-13-4-2-5-14-28/h2-26H,1H3. The molecule has 44 heavy (non-hydrogen) atoms. The summed E-state index contributed by atoms with van der Waals surface area (Å²) in [5.74, 6) is 2.39. The van der Waals surface area contributed by atoms with Gasteiger partial charge in [0.15, 0.2) is 0 Å². The predicted octanol–water partition coefficient (Wildman–Crippen LogP) is 7.13. The molecule has 7 aromatic rings. The Hall–Kier alpha value is -5.82. The van der Waals surface area contributed by atoms with Gasteiger partial charge in [-0.25, -0.2) is 4.98 Å². The fraction of sp³-hybridized carbons (Fsp3) is 0.0270. The van der Waals surface area contributed by atoms with Gasteiger partial charge in [0.1, 0.15) is 17.3 Å². The van der Waals surface area contributed by atoms with Gasteiger partial charge in [-0.2, -0.15) is 0 Å². The number of para-hydroxylation sites is 3. The first-order valence-corrected chi connectivity index (χ1v) is 14.7. The molecule has 8 rings (SSSR count). The summed E-state index contributed by atoms with van der Waals surface area (Å²) in [6.07, 6.45) is 5.27. The molecule has 0 radical (unpaired) electrons. The van der Waals surface area contributed by atoms with Gasteiger partial charge in [-0.05, 0) is 54.0 Å². The summed E-state index contributed by atoms with van der Waals surface area (Å²) in [6.45, 7) is -0.139. The lowest BCUT2D eigenvalue weighted by Gasteiger charge is -2.29. The second kappa shape index (κ2) is 10.8. The summed E-state index contributed by atoms with van der Waals surface area (Å²) in [5.41, 5.74) is 7.49. The van der Waals surface area contributed by atoms with Crippen LogP contribution < -0.4 is 24.4 Å². The van der Waals surface area contributed by atoms with Crippen LogP contribution in [0.1, 0.15) is 0 Å². The molecule has 1 aliphatic heterocycles. The van der Waals surface area contributed by atoms with Gasteiger partial charge in [-0.1, -0.05) is 91.0 Å². The predicted molar refractivity (Wildman–Crippen MR) is 177 cm³/mol. The molecular weight excluding hydrogens is 541 g/mol. The first-order valence-electron chi connectivity index (χ1n) is 14.7. The van der Waals surface area contributed by atoms with Gasteiger partial charge in [-0.3, -0.25) is 0 Å². The molecule has 6 nitrogen and oxygen atoms in total. The number of anilines is 4. The minimum Gasteiger partial charge on any atom is -0.458 e. The number of ether oxygens (including phenoxy) is 1. The maximum absolute atomic E-state index is 6.51. The number of pyridine rings is 1. The smallest absolute Gasteiger partial charge is 0.421 e. The molecule has 0 amide bonds. The molecule has 0 unspecified atom stereocenters. The number of benzene rings is 5. The van der Waals surface area contributed by atoms with Crippen LogP contribution in [-0.2, 0) is 7.05 Å². The Morgan fingerprint density at radius 2 is 1.30 bits per heavy atom. The number of hydrogen-bond donors (Lipinski definition) is 0. The van der Waals surface area contributed by atoms with E-state index in [-0.39, 0.29) is 6.98 Å². The van der Waals surface area contributed by atoms with Gasteiger partial charge < -0.3 is 23.5 Å². The van der Waals surface area contributed by atoms with Crippen molar-refractivity contribution < 1.29 is 9.30 Å². The number of aryl methyl sites for hydroxylation is 1. The maximum Gasteiger partial charge on any atom is 0.421 e. The third kappa shape index (κ3) is 4.46. The molecule has 210 valence electrons. The van der Waals surface area contributed by atoms with Crippen molar-refractivity contribution in [2.75, 3.05) is 9.62 Å². The molecule has 0 aliphatic carbocycles. The maximum atomic E-state index is 6.51. The van der Waals surface area contributed by atoms with Crippen LogP contribution in [-0.4, -0.2) is 16.5 Å². The summed E-state index contributed by atoms with van der Waals surface area (Å²) in [4.78, 5) is 9.54. The van der Waals surface area contributed by atoms with Crippen molar-refractivity contribution in [3.63, 3.8) is 0 Å². The zero-order chi connectivity index (χ0) is 29.5. The Balaban J connectivity index is 1.18. The second-order valence-electron chi connectivity index (χ2n) is 10.8. The van der Waals surface area contributed by atoms with Crippen LogP contribution in [0, 0.1) is 6.33 Å². The van der Waals surface area contributed by atoms with Gasteiger partial charge in [0.2, 0.25) is 6.33 Å². The molecule has 0 saturated heterocycles. The van der Waals surface area contributed by atoms with Crippen molar-refractivity contribution in [3.05, 3.63) is 158 Å². The molecule has 0 N–H and O–H groups in total. The van der Waals surface area contributed by atoms with Gasteiger partial charge in [-0.15, -0.1) is 0 Å². The highest BCUT2D eigenvalue weighted by Crippen LogP contribution is 2.45. The molecule has 7 heteroatoms. The van der Waals surface area contributed by atoms with Crippen molar-refractivity contribution in [3.8, 4) is 17.2 Å². The first kappa shape index (κ1) is 25.9. The van der Waals surface area contributed by atoms with E-state index in [9.17, 15) is 0 Å². The van der Waals surface area contributed by atoms with Gasteiger partial charge in [0.05, 0.1) is 29.5 Å². The summed E-state index contributed by atoms with van der Waals surface area (Å²) < 4.78 is 10.6. The summed E-state index contributed by atoms with van der Waals surface area (Å²) in [5, 5.41) is 0. The topological polar surface area (TPSA) is 37.4 Å². The number of imidazole rings is 1. The van der Waals surface area contributed by atoms with Crippen LogP contribution in [0.4, 0.5) is 22.9 Å². The molecule has 0 atom stereocenters. The Labute approximate surface area is 256 Å². The number of hydrogen-bond acceptors (Lipinski definition) is 4. The molecule has 2 aromatic heterocycles. The van der Waals surface area contributed by atoms with Crippen LogP contribution in [0.15, 0.2) is 152 Å². The van der Waals surface area contributed by atoms with Crippen LogP contribution in [0.3, 0.4) is 0 Å². The fourth-order valence-electron chi connectivity index (χ4n) is 6.09. The van der Waals surface area contributed by atoms with E-state index < -0.39 is 0 Å². The summed E-state index contributed by atoms with van der Waals surface area (Å²) >= 11 is 0. The zero-order valence-electron chi connectivity index (χ0n) is 24.2. The van der Waals surface area contributed by atoms with Crippen molar-refractivity contribution in [2.45, 2.75) is 0 Å². The van der Waals surface area contributed by atoms with Gasteiger partial charge >= 0.3 is 6.98 Å². The number of rotatable bonds is 6. The highest BCUT2D eigenvalue weighted by Gasteiger charge is 2.44. The van der Waals surface area contributed by atoms with E-state index >= 15 is 0 Å². The molecule has 3 heterocycles. The van der Waals surface area contributed by atoms with Crippen LogP contribution >= 0.6 is 0 Å². The minimum atomic E-state index is -0.139. The zero-order valence-corrected chi connectivity index (χ0v) is 24.2. The van der Waals surface area contributed by atoms with Gasteiger partial charge in [0.25, 0.3) is 0 Å². The van der Waals surface area contributed by atoms with E-state index in [2.05, 4.69) is 112 Å². The molecule has 5 aromatic carbocycles. The SMILES string of the molecule is C[n+]1[c-]n(-c2cccc(Oc3cccc(N4B(c5ccccc5)N(c5ccccc5)c5cccnc54)c3)c2)c2ccccc21. The quantitative estimate of drug-likeness (QED) is 0.121. The molecule has 0 bridgehead atoms. The van der Waals surface area contributed by atoms with E-state index in [0.717, 1.165) is 56.6 Å². The number of aromatic nitrogens is 3. The van der Waals surface area contributed by atoms with Crippen molar-refractivity contribution >= 4 is 46.4 Å². The lowest BCUT2D eigenvalue weighted by Crippen LogP contribution is -2.53. The first-order chi connectivity index (χ1) is 21.7. The molecular formula is C37H28BN5O. The average Bonchev–Trinajstić information content (AvgIpc) is 3.61. The molecule has 0 fully saturated rings. The van der Waals surface area contributed by atoms with Crippen LogP contribution in [0.5, 0.6) is 11.5 Å². The van der Waals surface area contributed by atoms with E-state index in [0.29, 0.717) is 0 Å². The van der Waals surface area contributed by atoms with E-state index in [1.54, 1.807) is 0 Å². The third-order valence-corrected chi connectivity index (χ3v) is 8.02. The molecule has 0 saturated carbocycles. The average molecular weight is 569 g/mol. The van der Waals surface area contributed by atoms with Crippen molar-refractivity contribution in [2.24, 2.45) is 7.05 Å². The monoisotopic (exact) mass is 569 g/mol.